The van der Waals surface area contributed by atoms with E-state index in [9.17, 15) is 14.4 Å². The van der Waals surface area contributed by atoms with Crippen molar-refractivity contribution in [3.63, 3.8) is 0 Å². The van der Waals surface area contributed by atoms with Crippen molar-refractivity contribution in [1.29, 1.82) is 0 Å². The largest absolute Gasteiger partial charge is 0.370 e. The number of nitrogens with zero attached hydrogens (tertiary/aromatic N) is 3. The van der Waals surface area contributed by atoms with Crippen LogP contribution in [0.2, 0.25) is 0 Å². The number of aliphatic imine (C=N–C) groups is 1. The quantitative estimate of drug-likeness (QED) is 0.114. The third-order valence-corrected chi connectivity index (χ3v) is 7.05. The number of benzene rings is 3. The summed E-state index contributed by atoms with van der Waals surface area (Å²) in [4.78, 5) is 47.3. The molecule has 228 valence electrons. The molecule has 0 spiro atoms. The summed E-state index contributed by atoms with van der Waals surface area (Å²) in [6.07, 6.45) is 0.993. The van der Waals surface area contributed by atoms with E-state index < -0.39 is 17.9 Å². The molecule has 3 amide bonds. The Morgan fingerprint density at radius 3 is 1.88 bits per heavy atom. The van der Waals surface area contributed by atoms with E-state index in [4.69, 9.17) is 17.2 Å². The minimum Gasteiger partial charge on any atom is -0.370 e. The summed E-state index contributed by atoms with van der Waals surface area (Å²) < 4.78 is 0. The molecule has 0 aromatic heterocycles. The SMILES string of the molecule is CN(C)CCNC(=O)Cc1ccc(CN(C(=O)C(c2ccccc2)c2ccccc2)[C@H](CCCN=C(N)N)C(N)=O)cc1. The average molecular weight is 586 g/mol. The van der Waals surface area contributed by atoms with Gasteiger partial charge in [-0.05, 0) is 49.2 Å². The lowest BCUT2D eigenvalue weighted by molar-refractivity contribution is -0.141. The van der Waals surface area contributed by atoms with Crippen molar-refractivity contribution in [2.45, 2.75) is 37.8 Å². The molecule has 3 aromatic rings. The first-order valence-corrected chi connectivity index (χ1v) is 14.4. The van der Waals surface area contributed by atoms with Crippen LogP contribution in [-0.2, 0) is 27.3 Å². The summed E-state index contributed by atoms with van der Waals surface area (Å²) in [7, 11) is 3.90. The van der Waals surface area contributed by atoms with Crippen LogP contribution in [0.15, 0.2) is 89.9 Å². The number of nitrogens with one attached hydrogen (secondary N) is 1. The highest BCUT2D eigenvalue weighted by molar-refractivity contribution is 5.92. The molecule has 3 aromatic carbocycles. The molecule has 10 heteroatoms. The highest BCUT2D eigenvalue weighted by Gasteiger charge is 2.34. The normalized spacial score (nSPS) is 11.6. The molecule has 0 heterocycles. The van der Waals surface area contributed by atoms with E-state index in [1.807, 2.05) is 104 Å². The van der Waals surface area contributed by atoms with Crippen LogP contribution in [0.3, 0.4) is 0 Å². The number of amides is 3. The maximum absolute atomic E-state index is 14.5. The second-order valence-electron chi connectivity index (χ2n) is 10.7. The van der Waals surface area contributed by atoms with Gasteiger partial charge in [0.25, 0.3) is 0 Å². The van der Waals surface area contributed by atoms with Crippen molar-refractivity contribution in [3.05, 3.63) is 107 Å². The minimum absolute atomic E-state index is 0.0387. The van der Waals surface area contributed by atoms with E-state index in [1.165, 1.54) is 0 Å². The number of hydrogen-bond acceptors (Lipinski definition) is 5. The molecule has 1 atom stereocenters. The fourth-order valence-electron chi connectivity index (χ4n) is 4.85. The van der Waals surface area contributed by atoms with Crippen molar-refractivity contribution >= 4 is 23.7 Å². The van der Waals surface area contributed by atoms with Crippen molar-refractivity contribution in [2.75, 3.05) is 33.7 Å². The molecule has 0 aliphatic carbocycles. The van der Waals surface area contributed by atoms with Gasteiger partial charge in [0.05, 0.1) is 12.3 Å². The van der Waals surface area contributed by atoms with Gasteiger partial charge in [0, 0.05) is 26.2 Å². The summed E-state index contributed by atoms with van der Waals surface area (Å²) in [6.45, 7) is 1.79. The molecular weight excluding hydrogens is 542 g/mol. The molecule has 0 saturated heterocycles. The predicted molar refractivity (Wildman–Crippen MR) is 170 cm³/mol. The van der Waals surface area contributed by atoms with Crippen molar-refractivity contribution < 1.29 is 14.4 Å². The van der Waals surface area contributed by atoms with Crippen LogP contribution in [0.1, 0.15) is 41.0 Å². The third kappa shape index (κ3) is 10.6. The van der Waals surface area contributed by atoms with Gasteiger partial charge in [0.15, 0.2) is 5.96 Å². The Bertz CT molecular complexity index is 1300. The van der Waals surface area contributed by atoms with Crippen LogP contribution < -0.4 is 22.5 Å². The average Bonchev–Trinajstić information content (AvgIpc) is 2.98. The van der Waals surface area contributed by atoms with Gasteiger partial charge in [-0.1, -0.05) is 84.9 Å². The molecule has 0 aliphatic rings. The number of nitrogens with two attached hydrogens (primary N) is 3. The summed E-state index contributed by atoms with van der Waals surface area (Å²) in [5, 5.41) is 2.92. The highest BCUT2D eigenvalue weighted by atomic mass is 16.2. The third-order valence-electron chi connectivity index (χ3n) is 7.05. The number of likely N-dealkylation sites (N-methyl/N-ethyl adjacent to an activating group) is 1. The van der Waals surface area contributed by atoms with Gasteiger partial charge in [-0.2, -0.15) is 0 Å². The Morgan fingerprint density at radius 1 is 0.814 bits per heavy atom. The summed E-state index contributed by atoms with van der Waals surface area (Å²) in [5.74, 6) is -1.60. The Labute approximate surface area is 253 Å². The predicted octanol–water partition coefficient (Wildman–Crippen LogP) is 1.98. The molecule has 3 rings (SSSR count). The van der Waals surface area contributed by atoms with Crippen molar-refractivity contribution in [1.82, 2.24) is 15.1 Å². The Morgan fingerprint density at radius 2 is 1.37 bits per heavy atom. The molecule has 43 heavy (non-hydrogen) atoms. The van der Waals surface area contributed by atoms with E-state index in [0.29, 0.717) is 25.9 Å². The van der Waals surface area contributed by atoms with E-state index >= 15 is 0 Å². The summed E-state index contributed by atoms with van der Waals surface area (Å²) in [6, 6.07) is 25.6. The number of rotatable bonds is 16. The van der Waals surface area contributed by atoms with Crippen LogP contribution >= 0.6 is 0 Å². The zero-order chi connectivity index (χ0) is 31.2. The lowest BCUT2D eigenvalue weighted by atomic mass is 9.89. The fraction of sp³-hybridized carbons (Fsp3) is 0.333. The number of guanidine groups is 1. The zero-order valence-corrected chi connectivity index (χ0v) is 25.0. The summed E-state index contributed by atoms with van der Waals surface area (Å²) >= 11 is 0. The Kier molecular flexibility index (Phi) is 12.7. The van der Waals surface area contributed by atoms with Gasteiger partial charge in [0.1, 0.15) is 6.04 Å². The minimum atomic E-state index is -0.890. The fourth-order valence-corrected chi connectivity index (χ4v) is 4.85. The van der Waals surface area contributed by atoms with E-state index in [2.05, 4.69) is 10.3 Å². The van der Waals surface area contributed by atoms with Gasteiger partial charge in [-0.3, -0.25) is 19.4 Å². The first-order chi connectivity index (χ1) is 20.7. The summed E-state index contributed by atoms with van der Waals surface area (Å²) in [5.41, 5.74) is 20.1. The van der Waals surface area contributed by atoms with Gasteiger partial charge < -0.3 is 32.3 Å². The lowest BCUT2D eigenvalue weighted by Gasteiger charge is -2.33. The molecular formula is C33H43N7O3. The van der Waals surface area contributed by atoms with E-state index in [0.717, 1.165) is 28.8 Å². The highest BCUT2D eigenvalue weighted by Crippen LogP contribution is 2.29. The van der Waals surface area contributed by atoms with E-state index in [1.54, 1.807) is 4.90 Å². The topological polar surface area (TPSA) is 160 Å². The van der Waals surface area contributed by atoms with Crippen LogP contribution in [0, 0.1) is 0 Å². The standard InChI is InChI=1S/C33H43N7O3/c1-39(2)21-20-37-29(41)22-24-15-17-25(18-16-24)23-40(28(31(34)42)14-9-19-38-33(35)36)32(43)30(26-10-5-3-6-11-26)27-12-7-4-8-13-27/h3-8,10-13,15-18,28,30H,9,14,19-23H2,1-2H3,(H2,34,42)(H,37,41)(H4,35,36,38)/t28-/m1/s1. The monoisotopic (exact) mass is 585 g/mol. The number of carbonyl (C=O) groups is 3. The van der Waals surface area contributed by atoms with Crippen molar-refractivity contribution in [2.24, 2.45) is 22.2 Å². The Hall–Kier alpha value is -4.70. The molecule has 0 bridgehead atoms. The lowest BCUT2D eigenvalue weighted by Crippen LogP contribution is -2.49. The Balaban J connectivity index is 1.90. The molecule has 0 saturated carbocycles. The number of carbonyl (C=O) groups excluding carboxylic acids is 3. The maximum atomic E-state index is 14.5. The number of primary amides is 1. The van der Waals surface area contributed by atoms with Gasteiger partial charge >= 0.3 is 0 Å². The van der Waals surface area contributed by atoms with Crippen LogP contribution in [0.5, 0.6) is 0 Å². The first kappa shape index (κ1) is 32.8. The molecule has 7 N–H and O–H groups in total. The molecule has 0 radical (unpaired) electrons. The number of hydrogen-bond donors (Lipinski definition) is 4. The van der Waals surface area contributed by atoms with E-state index in [-0.39, 0.29) is 30.7 Å². The van der Waals surface area contributed by atoms with Gasteiger partial charge in [0.2, 0.25) is 17.7 Å². The van der Waals surface area contributed by atoms with Crippen LogP contribution in [-0.4, -0.2) is 73.3 Å². The van der Waals surface area contributed by atoms with Crippen molar-refractivity contribution in [3.8, 4) is 0 Å². The van der Waals surface area contributed by atoms with Crippen LogP contribution in [0.4, 0.5) is 0 Å². The smallest absolute Gasteiger partial charge is 0.240 e. The zero-order valence-electron chi connectivity index (χ0n) is 25.0. The van der Waals surface area contributed by atoms with Crippen LogP contribution in [0.25, 0.3) is 0 Å². The molecule has 10 nitrogen and oxygen atoms in total. The van der Waals surface area contributed by atoms with Gasteiger partial charge in [-0.25, -0.2) is 0 Å². The molecule has 0 aliphatic heterocycles. The first-order valence-electron chi connectivity index (χ1n) is 14.4. The molecule has 0 fully saturated rings. The maximum Gasteiger partial charge on any atom is 0.240 e. The second-order valence-corrected chi connectivity index (χ2v) is 10.7. The molecule has 0 unspecified atom stereocenters. The second kappa shape index (κ2) is 16.7. The van der Waals surface area contributed by atoms with Gasteiger partial charge in [-0.15, -0.1) is 0 Å².